The molecule has 0 spiro atoms. The SMILES string of the molecule is Br.Nc1cc(CBr)cc(S(N)(=O)=O)c1Cc1ccccc1. The Morgan fingerprint density at radius 3 is 2.19 bits per heavy atom. The molecule has 0 unspecified atom stereocenters. The molecule has 0 atom stereocenters. The number of anilines is 1. The van der Waals surface area contributed by atoms with Gasteiger partial charge < -0.3 is 5.73 Å². The fraction of sp³-hybridized carbons (Fsp3) is 0.143. The summed E-state index contributed by atoms with van der Waals surface area (Å²) in [5.74, 6) is 0. The minimum Gasteiger partial charge on any atom is -0.398 e. The average Bonchev–Trinajstić information content (AvgIpc) is 2.40. The van der Waals surface area contributed by atoms with Crippen molar-refractivity contribution in [3.8, 4) is 0 Å². The summed E-state index contributed by atoms with van der Waals surface area (Å²) in [5.41, 5.74) is 8.75. The van der Waals surface area contributed by atoms with Crippen LogP contribution in [0.15, 0.2) is 47.4 Å². The number of benzene rings is 2. The predicted molar refractivity (Wildman–Crippen MR) is 94.4 cm³/mol. The summed E-state index contributed by atoms with van der Waals surface area (Å²) >= 11 is 3.29. The van der Waals surface area contributed by atoms with Gasteiger partial charge in [-0.25, -0.2) is 13.6 Å². The summed E-state index contributed by atoms with van der Waals surface area (Å²) in [6.07, 6.45) is 0.432. The van der Waals surface area contributed by atoms with Gasteiger partial charge in [-0.1, -0.05) is 46.3 Å². The lowest BCUT2D eigenvalue weighted by atomic mass is 10.0. The van der Waals surface area contributed by atoms with E-state index >= 15 is 0 Å². The molecule has 0 saturated heterocycles. The van der Waals surface area contributed by atoms with Gasteiger partial charge in [-0.3, -0.25) is 0 Å². The number of primary sulfonamides is 1. The highest BCUT2D eigenvalue weighted by Gasteiger charge is 2.18. The monoisotopic (exact) mass is 434 g/mol. The minimum absolute atomic E-state index is 0. The maximum atomic E-state index is 11.8. The Morgan fingerprint density at radius 1 is 1.05 bits per heavy atom. The Morgan fingerprint density at radius 2 is 1.67 bits per heavy atom. The van der Waals surface area contributed by atoms with Crippen LogP contribution in [0.25, 0.3) is 0 Å². The molecule has 0 aliphatic heterocycles. The number of nitrogens with two attached hydrogens (primary N) is 2. The van der Waals surface area contributed by atoms with Crippen LogP contribution in [0.3, 0.4) is 0 Å². The summed E-state index contributed by atoms with van der Waals surface area (Å²) < 4.78 is 23.5. The van der Waals surface area contributed by atoms with Gasteiger partial charge in [0.1, 0.15) is 0 Å². The molecule has 0 saturated carbocycles. The predicted octanol–water partition coefficient (Wildman–Crippen LogP) is 2.98. The Bertz CT molecular complexity index is 719. The summed E-state index contributed by atoms with van der Waals surface area (Å²) in [7, 11) is -3.81. The van der Waals surface area contributed by atoms with Gasteiger partial charge in [-0.15, -0.1) is 17.0 Å². The number of nitrogen functional groups attached to an aromatic ring is 1. The van der Waals surface area contributed by atoms with Gasteiger partial charge in [0.2, 0.25) is 10.0 Å². The van der Waals surface area contributed by atoms with E-state index in [4.69, 9.17) is 10.9 Å². The number of hydrogen-bond donors (Lipinski definition) is 2. The average molecular weight is 436 g/mol. The number of hydrogen-bond acceptors (Lipinski definition) is 3. The van der Waals surface area contributed by atoms with Crippen LogP contribution in [0.1, 0.15) is 16.7 Å². The van der Waals surface area contributed by atoms with Gasteiger partial charge in [0.25, 0.3) is 0 Å². The van der Waals surface area contributed by atoms with Crippen LogP contribution in [0.4, 0.5) is 5.69 Å². The van der Waals surface area contributed by atoms with Crippen molar-refractivity contribution in [3.05, 3.63) is 59.2 Å². The largest absolute Gasteiger partial charge is 0.398 e. The van der Waals surface area contributed by atoms with E-state index in [1.54, 1.807) is 12.1 Å². The van der Waals surface area contributed by atoms with Crippen molar-refractivity contribution in [3.63, 3.8) is 0 Å². The van der Waals surface area contributed by atoms with Crippen molar-refractivity contribution in [1.82, 2.24) is 0 Å². The highest BCUT2D eigenvalue weighted by molar-refractivity contribution is 9.08. The lowest BCUT2D eigenvalue weighted by Gasteiger charge is -2.13. The molecule has 0 fully saturated rings. The molecule has 0 aromatic heterocycles. The zero-order valence-electron chi connectivity index (χ0n) is 11.1. The minimum atomic E-state index is -3.81. The number of halogens is 2. The lowest BCUT2D eigenvalue weighted by Crippen LogP contribution is -2.16. The maximum Gasteiger partial charge on any atom is 0.238 e. The molecule has 2 aromatic rings. The third-order valence-electron chi connectivity index (χ3n) is 2.99. The van der Waals surface area contributed by atoms with Crippen LogP contribution >= 0.6 is 32.9 Å². The normalized spacial score (nSPS) is 11.0. The summed E-state index contributed by atoms with van der Waals surface area (Å²) in [5, 5.41) is 5.82. The Labute approximate surface area is 143 Å². The van der Waals surface area contributed by atoms with Gasteiger partial charge >= 0.3 is 0 Å². The molecular weight excluding hydrogens is 420 g/mol. The van der Waals surface area contributed by atoms with Crippen molar-refractivity contribution in [1.29, 1.82) is 0 Å². The smallest absolute Gasteiger partial charge is 0.238 e. The van der Waals surface area contributed by atoms with Crippen molar-refractivity contribution in [2.75, 3.05) is 5.73 Å². The van der Waals surface area contributed by atoms with Crippen LogP contribution in [0.5, 0.6) is 0 Å². The van der Waals surface area contributed by atoms with E-state index in [2.05, 4.69) is 15.9 Å². The first-order valence-electron chi connectivity index (χ1n) is 5.96. The molecule has 0 aliphatic carbocycles. The standard InChI is InChI=1S/C14H15BrN2O2S.BrH/c15-9-11-7-13(16)12(14(8-11)20(17,18)19)6-10-4-2-1-3-5-10;/h1-5,7-8H,6,9,16H2,(H2,17,18,19);1H. The molecule has 0 amide bonds. The van der Waals surface area contributed by atoms with Crippen LogP contribution in [-0.2, 0) is 21.8 Å². The summed E-state index contributed by atoms with van der Waals surface area (Å²) in [4.78, 5) is 0.0933. The van der Waals surface area contributed by atoms with Crippen LogP contribution < -0.4 is 10.9 Å². The van der Waals surface area contributed by atoms with E-state index in [9.17, 15) is 8.42 Å². The topological polar surface area (TPSA) is 86.2 Å². The van der Waals surface area contributed by atoms with E-state index in [1.807, 2.05) is 30.3 Å². The maximum absolute atomic E-state index is 11.8. The van der Waals surface area contributed by atoms with E-state index in [0.717, 1.165) is 11.1 Å². The second kappa shape index (κ2) is 7.40. The molecule has 114 valence electrons. The molecule has 0 aliphatic rings. The molecule has 4 nitrogen and oxygen atoms in total. The van der Waals surface area contributed by atoms with Crippen LogP contribution in [0.2, 0.25) is 0 Å². The number of sulfonamides is 1. The Hall–Kier alpha value is -0.890. The number of rotatable bonds is 4. The fourth-order valence-electron chi connectivity index (χ4n) is 2.05. The third kappa shape index (κ3) is 4.54. The molecule has 0 bridgehead atoms. The second-order valence-electron chi connectivity index (χ2n) is 4.50. The molecule has 2 aromatic carbocycles. The highest BCUT2D eigenvalue weighted by atomic mass is 79.9. The van der Waals surface area contributed by atoms with E-state index in [0.29, 0.717) is 23.0 Å². The van der Waals surface area contributed by atoms with E-state index in [1.165, 1.54) is 0 Å². The Balaban J connectivity index is 0.00000220. The van der Waals surface area contributed by atoms with Crippen molar-refractivity contribution in [2.45, 2.75) is 16.6 Å². The second-order valence-corrected chi connectivity index (χ2v) is 6.59. The zero-order chi connectivity index (χ0) is 14.8. The first-order chi connectivity index (χ1) is 9.41. The first kappa shape index (κ1) is 18.2. The molecule has 21 heavy (non-hydrogen) atoms. The summed E-state index contributed by atoms with van der Waals surface area (Å²) in [6, 6.07) is 12.9. The molecule has 2 rings (SSSR count). The number of alkyl halides is 1. The van der Waals surface area contributed by atoms with Crippen molar-refractivity contribution < 1.29 is 8.42 Å². The van der Waals surface area contributed by atoms with Gasteiger partial charge in [-0.05, 0) is 28.8 Å². The van der Waals surface area contributed by atoms with E-state index < -0.39 is 10.0 Å². The van der Waals surface area contributed by atoms with Crippen LogP contribution in [-0.4, -0.2) is 8.42 Å². The molecular formula is C14H16Br2N2O2S. The molecule has 4 N–H and O–H groups in total. The van der Waals surface area contributed by atoms with Gasteiger partial charge in [0, 0.05) is 17.4 Å². The highest BCUT2D eigenvalue weighted by Crippen LogP contribution is 2.27. The lowest BCUT2D eigenvalue weighted by molar-refractivity contribution is 0.597. The molecule has 0 heterocycles. The molecule has 7 heteroatoms. The third-order valence-corrected chi connectivity index (χ3v) is 4.61. The fourth-order valence-corrected chi connectivity index (χ4v) is 3.22. The van der Waals surface area contributed by atoms with Crippen molar-refractivity contribution in [2.24, 2.45) is 5.14 Å². The molecule has 0 radical (unpaired) electrons. The van der Waals surface area contributed by atoms with Gasteiger partial charge in [-0.2, -0.15) is 0 Å². The van der Waals surface area contributed by atoms with Gasteiger partial charge in [0.15, 0.2) is 0 Å². The first-order valence-corrected chi connectivity index (χ1v) is 8.62. The van der Waals surface area contributed by atoms with Crippen molar-refractivity contribution >= 4 is 48.6 Å². The van der Waals surface area contributed by atoms with Gasteiger partial charge in [0.05, 0.1) is 4.90 Å². The Kier molecular flexibility index (Phi) is 6.40. The summed E-state index contributed by atoms with van der Waals surface area (Å²) in [6.45, 7) is 0. The zero-order valence-corrected chi connectivity index (χ0v) is 15.2. The van der Waals surface area contributed by atoms with Crippen LogP contribution in [0, 0.1) is 0 Å². The van der Waals surface area contributed by atoms with E-state index in [-0.39, 0.29) is 21.9 Å². The quantitative estimate of drug-likeness (QED) is 0.571.